The van der Waals surface area contributed by atoms with E-state index in [4.69, 9.17) is 0 Å². The summed E-state index contributed by atoms with van der Waals surface area (Å²) in [4.78, 5) is 0. The molecule has 0 heterocycles. The van der Waals surface area contributed by atoms with Crippen molar-refractivity contribution in [3.63, 3.8) is 0 Å². The lowest BCUT2D eigenvalue weighted by atomic mass is 10.1. The number of hydrogen-bond acceptors (Lipinski definition) is 0. The van der Waals surface area contributed by atoms with Gasteiger partial charge < -0.3 is 0 Å². The first-order valence-electron chi connectivity index (χ1n) is 2.18. The Bertz CT molecular complexity index is 23.1. The molecule has 0 aliphatic heterocycles. The van der Waals surface area contributed by atoms with Gasteiger partial charge in [0.15, 0.2) is 0 Å². The molecule has 0 rings (SSSR count). The molecule has 0 aliphatic rings. The summed E-state index contributed by atoms with van der Waals surface area (Å²) in [5.41, 5.74) is 0. The van der Waals surface area contributed by atoms with Crippen LogP contribution in [-0.2, 0) is 5.11 Å². The van der Waals surface area contributed by atoms with E-state index in [1.807, 2.05) is 6.92 Å². The lowest BCUT2D eigenvalue weighted by Crippen LogP contribution is -1.94. The minimum Gasteiger partial charge on any atom is -0.236 e. The van der Waals surface area contributed by atoms with Gasteiger partial charge in [0.05, 0.1) is 6.61 Å². The van der Waals surface area contributed by atoms with Gasteiger partial charge >= 0.3 is 0 Å². The first-order valence-corrected chi connectivity index (χ1v) is 2.18. The molecule has 6 heavy (non-hydrogen) atoms. The highest BCUT2D eigenvalue weighted by atomic mass is 16.3. The van der Waals surface area contributed by atoms with Crippen molar-refractivity contribution < 1.29 is 5.11 Å². The van der Waals surface area contributed by atoms with Crippen LogP contribution in [0.2, 0.25) is 0 Å². The lowest BCUT2D eigenvalue weighted by Gasteiger charge is -1.95. The maximum absolute atomic E-state index is 9.82. The monoisotopic (exact) mass is 86.1 g/mol. The van der Waals surface area contributed by atoms with Crippen LogP contribution in [0, 0.1) is 12.8 Å². The Labute approximate surface area is 39.0 Å². The van der Waals surface area contributed by atoms with Gasteiger partial charge in [-0.3, -0.25) is 0 Å². The van der Waals surface area contributed by atoms with Crippen LogP contribution in [0.1, 0.15) is 13.3 Å². The smallest absolute Gasteiger partial charge is 0.0847 e. The van der Waals surface area contributed by atoms with Crippen molar-refractivity contribution in [3.05, 3.63) is 6.92 Å². The van der Waals surface area contributed by atoms with Gasteiger partial charge in [-0.05, 0) is 12.3 Å². The molecule has 36 valence electrons. The van der Waals surface area contributed by atoms with Gasteiger partial charge in [0, 0.05) is 0 Å². The van der Waals surface area contributed by atoms with Crippen LogP contribution in [0.15, 0.2) is 0 Å². The van der Waals surface area contributed by atoms with E-state index in [1.165, 1.54) is 0 Å². The van der Waals surface area contributed by atoms with Crippen molar-refractivity contribution in [2.45, 2.75) is 13.3 Å². The zero-order valence-corrected chi connectivity index (χ0v) is 4.11. The van der Waals surface area contributed by atoms with Gasteiger partial charge in [0.2, 0.25) is 0 Å². The first-order chi connectivity index (χ1) is 2.81. The molecule has 2 radical (unpaired) electrons. The van der Waals surface area contributed by atoms with Crippen LogP contribution in [0.4, 0.5) is 0 Å². The SMILES string of the molecule is [CH2]CC(C)C[O]. The van der Waals surface area contributed by atoms with Crippen LogP contribution in [0.5, 0.6) is 0 Å². The van der Waals surface area contributed by atoms with Crippen LogP contribution in [-0.4, -0.2) is 6.61 Å². The molecule has 0 aromatic rings. The summed E-state index contributed by atoms with van der Waals surface area (Å²) in [6.45, 7) is 5.48. The molecule has 1 atom stereocenters. The Balaban J connectivity index is 2.75. The van der Waals surface area contributed by atoms with Crippen molar-refractivity contribution in [2.75, 3.05) is 6.61 Å². The molecule has 1 unspecified atom stereocenters. The Morgan fingerprint density at radius 3 is 2.33 bits per heavy atom. The summed E-state index contributed by atoms with van der Waals surface area (Å²) in [6, 6.07) is 0. The summed E-state index contributed by atoms with van der Waals surface area (Å²) in [5, 5.41) is 9.82. The highest BCUT2D eigenvalue weighted by Gasteiger charge is 1.91. The second-order valence-electron chi connectivity index (χ2n) is 1.56. The Hall–Kier alpha value is -0.0400. The van der Waals surface area contributed by atoms with Crippen molar-refractivity contribution in [1.82, 2.24) is 0 Å². The van der Waals surface area contributed by atoms with Gasteiger partial charge in [-0.15, -0.1) is 0 Å². The molecule has 0 saturated carbocycles. The fraction of sp³-hybridized carbons (Fsp3) is 0.800. The summed E-state index contributed by atoms with van der Waals surface area (Å²) >= 11 is 0. The van der Waals surface area contributed by atoms with Crippen LogP contribution in [0.3, 0.4) is 0 Å². The van der Waals surface area contributed by atoms with Gasteiger partial charge in [0.25, 0.3) is 0 Å². The molecule has 0 fully saturated rings. The Morgan fingerprint density at radius 2 is 2.33 bits per heavy atom. The zero-order chi connectivity index (χ0) is 4.99. The van der Waals surface area contributed by atoms with Crippen molar-refractivity contribution in [3.8, 4) is 0 Å². The number of rotatable bonds is 2. The second kappa shape index (κ2) is 3.16. The molecule has 0 amide bonds. The summed E-state index contributed by atoms with van der Waals surface area (Å²) in [7, 11) is 0. The van der Waals surface area contributed by atoms with E-state index >= 15 is 0 Å². The topological polar surface area (TPSA) is 19.9 Å². The standard InChI is InChI=1S/C5H10O/c1-3-5(2)4-6/h5H,1,3-4H2,2H3. The molecule has 0 spiro atoms. The third-order valence-electron chi connectivity index (χ3n) is 0.777. The van der Waals surface area contributed by atoms with Crippen LogP contribution >= 0.6 is 0 Å². The predicted molar refractivity (Wildman–Crippen MR) is 24.7 cm³/mol. The molecule has 1 nitrogen and oxygen atoms in total. The highest BCUT2D eigenvalue weighted by Crippen LogP contribution is 1.95. The van der Waals surface area contributed by atoms with E-state index in [-0.39, 0.29) is 12.5 Å². The van der Waals surface area contributed by atoms with E-state index in [0.717, 1.165) is 6.42 Å². The molecule has 0 aromatic carbocycles. The van der Waals surface area contributed by atoms with E-state index in [2.05, 4.69) is 6.92 Å². The normalized spacial score (nSPS) is 14.5. The molecular weight excluding hydrogens is 76.1 g/mol. The van der Waals surface area contributed by atoms with Gasteiger partial charge in [-0.1, -0.05) is 13.8 Å². The minimum atomic E-state index is 0.0174. The summed E-state index contributed by atoms with van der Waals surface area (Å²) in [5.74, 6) is 0.269. The lowest BCUT2D eigenvalue weighted by molar-refractivity contribution is 0.152. The zero-order valence-electron chi connectivity index (χ0n) is 4.11. The Kier molecular flexibility index (Phi) is 3.14. The molecular formula is C5H10O. The molecule has 0 bridgehead atoms. The van der Waals surface area contributed by atoms with E-state index in [9.17, 15) is 5.11 Å². The van der Waals surface area contributed by atoms with Crippen molar-refractivity contribution >= 4 is 0 Å². The molecule has 0 saturated heterocycles. The first kappa shape index (κ1) is 5.96. The van der Waals surface area contributed by atoms with Gasteiger partial charge in [-0.25, -0.2) is 5.11 Å². The average molecular weight is 86.1 g/mol. The summed E-state index contributed by atoms with van der Waals surface area (Å²) < 4.78 is 0. The second-order valence-corrected chi connectivity index (χ2v) is 1.56. The average Bonchev–Trinajstić information content (AvgIpc) is 1.65. The van der Waals surface area contributed by atoms with E-state index in [0.29, 0.717) is 0 Å². The van der Waals surface area contributed by atoms with Crippen LogP contribution in [0.25, 0.3) is 0 Å². The largest absolute Gasteiger partial charge is 0.236 e. The van der Waals surface area contributed by atoms with Gasteiger partial charge in [0.1, 0.15) is 0 Å². The molecule has 0 aromatic heterocycles. The van der Waals surface area contributed by atoms with Crippen LogP contribution < -0.4 is 0 Å². The van der Waals surface area contributed by atoms with Crippen molar-refractivity contribution in [1.29, 1.82) is 0 Å². The molecule has 0 aliphatic carbocycles. The third kappa shape index (κ3) is 2.21. The Morgan fingerprint density at radius 1 is 1.83 bits per heavy atom. The quantitative estimate of drug-likeness (QED) is 0.482. The summed E-state index contributed by atoms with van der Waals surface area (Å²) in [6.07, 6.45) is 0.767. The molecule has 0 N–H and O–H groups in total. The molecule has 1 heteroatoms. The van der Waals surface area contributed by atoms with E-state index in [1.54, 1.807) is 0 Å². The van der Waals surface area contributed by atoms with Gasteiger partial charge in [-0.2, -0.15) is 0 Å². The third-order valence-corrected chi connectivity index (χ3v) is 0.777. The fourth-order valence-corrected chi connectivity index (χ4v) is 0.0833. The predicted octanol–water partition coefficient (Wildman–Crippen LogP) is 1.28. The minimum absolute atomic E-state index is 0.0174. The highest BCUT2D eigenvalue weighted by molar-refractivity contribution is 4.48. The maximum atomic E-state index is 9.82. The number of hydrogen-bond donors (Lipinski definition) is 0. The van der Waals surface area contributed by atoms with E-state index < -0.39 is 0 Å². The maximum Gasteiger partial charge on any atom is 0.0847 e. The fourth-order valence-electron chi connectivity index (χ4n) is 0.0833. The van der Waals surface area contributed by atoms with Crippen molar-refractivity contribution in [2.24, 2.45) is 5.92 Å².